The lowest BCUT2D eigenvalue weighted by molar-refractivity contribution is -0.148. The number of nitrogens with one attached hydrogen (secondary N) is 1. The monoisotopic (exact) mass is 471 g/mol. The smallest absolute Gasteiger partial charge is 0.306 e. The molecule has 1 N–H and O–H groups in total. The van der Waals surface area contributed by atoms with Crippen LogP contribution in [-0.2, 0) is 14.3 Å². The Labute approximate surface area is 197 Å². The standard InChI is InChI=1S/C25H23Cl2NO4/c26-20-13-14-22(21(27)16-20)31-15-7-12-24(30)32-17-23(29)28-25(18-8-3-1-4-9-18)19-10-5-2-6-11-19/h1-6,8-11,13-14,16,25H,7,12,15,17H2,(H,28,29). The number of halogens is 2. The second-order valence-electron chi connectivity index (χ2n) is 7.01. The van der Waals surface area contributed by atoms with Crippen molar-refractivity contribution >= 4 is 35.1 Å². The van der Waals surface area contributed by atoms with E-state index in [0.717, 1.165) is 11.1 Å². The van der Waals surface area contributed by atoms with Crippen LogP contribution in [-0.4, -0.2) is 25.1 Å². The topological polar surface area (TPSA) is 64.6 Å². The van der Waals surface area contributed by atoms with E-state index in [1.807, 2.05) is 60.7 Å². The molecule has 0 saturated carbocycles. The van der Waals surface area contributed by atoms with Crippen LogP contribution in [0, 0.1) is 0 Å². The lowest BCUT2D eigenvalue weighted by atomic mass is 9.99. The first-order chi connectivity index (χ1) is 15.5. The van der Waals surface area contributed by atoms with E-state index >= 15 is 0 Å². The van der Waals surface area contributed by atoms with Crippen LogP contribution in [0.3, 0.4) is 0 Å². The molecule has 3 aromatic rings. The van der Waals surface area contributed by atoms with E-state index in [-0.39, 0.29) is 31.6 Å². The molecular formula is C25H23Cl2NO4. The molecule has 0 radical (unpaired) electrons. The molecule has 0 aliphatic carbocycles. The summed E-state index contributed by atoms with van der Waals surface area (Å²) in [5.41, 5.74) is 1.88. The third-order valence-electron chi connectivity index (χ3n) is 4.61. The Bertz CT molecular complexity index is 989. The van der Waals surface area contributed by atoms with Gasteiger partial charge in [-0.05, 0) is 35.7 Å². The van der Waals surface area contributed by atoms with Crippen LogP contribution in [0.4, 0.5) is 0 Å². The first-order valence-corrected chi connectivity index (χ1v) is 10.9. The molecule has 5 nitrogen and oxygen atoms in total. The third-order valence-corrected chi connectivity index (χ3v) is 5.14. The van der Waals surface area contributed by atoms with Crippen molar-refractivity contribution in [1.29, 1.82) is 0 Å². The molecule has 0 aliphatic rings. The van der Waals surface area contributed by atoms with Crippen molar-refractivity contribution in [2.75, 3.05) is 13.2 Å². The summed E-state index contributed by atoms with van der Waals surface area (Å²) in [7, 11) is 0. The highest BCUT2D eigenvalue weighted by Gasteiger charge is 2.17. The van der Waals surface area contributed by atoms with Gasteiger partial charge in [-0.15, -0.1) is 0 Å². The molecule has 0 unspecified atom stereocenters. The van der Waals surface area contributed by atoms with E-state index in [9.17, 15) is 9.59 Å². The predicted molar refractivity (Wildman–Crippen MR) is 125 cm³/mol. The highest BCUT2D eigenvalue weighted by molar-refractivity contribution is 6.35. The minimum absolute atomic E-state index is 0.124. The van der Waals surface area contributed by atoms with Crippen LogP contribution in [0.25, 0.3) is 0 Å². The van der Waals surface area contributed by atoms with Gasteiger partial charge >= 0.3 is 5.97 Å². The van der Waals surface area contributed by atoms with Gasteiger partial charge in [-0.1, -0.05) is 83.9 Å². The molecule has 166 valence electrons. The molecule has 0 aliphatic heterocycles. The van der Waals surface area contributed by atoms with Crippen LogP contribution < -0.4 is 10.1 Å². The summed E-state index contributed by atoms with van der Waals surface area (Å²) in [6.07, 6.45) is 0.551. The van der Waals surface area contributed by atoms with Gasteiger partial charge in [0, 0.05) is 11.4 Å². The fourth-order valence-corrected chi connectivity index (χ4v) is 3.52. The minimum atomic E-state index is -0.470. The van der Waals surface area contributed by atoms with Gasteiger partial charge in [0.2, 0.25) is 0 Å². The van der Waals surface area contributed by atoms with Gasteiger partial charge in [-0.25, -0.2) is 0 Å². The maximum absolute atomic E-state index is 12.4. The van der Waals surface area contributed by atoms with E-state index in [0.29, 0.717) is 22.2 Å². The summed E-state index contributed by atoms with van der Waals surface area (Å²) >= 11 is 11.9. The number of carbonyl (C=O) groups excluding carboxylic acids is 2. The SMILES string of the molecule is O=C(COC(=O)CCCOc1ccc(Cl)cc1Cl)NC(c1ccccc1)c1ccccc1. The van der Waals surface area contributed by atoms with Gasteiger partial charge in [0.25, 0.3) is 5.91 Å². The summed E-state index contributed by atoms with van der Waals surface area (Å²) in [4.78, 5) is 24.4. The van der Waals surface area contributed by atoms with Crippen molar-refractivity contribution in [3.8, 4) is 5.75 Å². The molecule has 32 heavy (non-hydrogen) atoms. The van der Waals surface area contributed by atoms with Crippen LogP contribution in [0.1, 0.15) is 30.0 Å². The summed E-state index contributed by atoms with van der Waals surface area (Å²) in [6.45, 7) is -0.0639. The quantitative estimate of drug-likeness (QED) is 0.308. The van der Waals surface area contributed by atoms with Crippen LogP contribution in [0.5, 0.6) is 5.75 Å². The summed E-state index contributed by atoms with van der Waals surface area (Å²) in [5.74, 6) is -0.348. The zero-order chi connectivity index (χ0) is 22.8. The molecule has 0 spiro atoms. The second-order valence-corrected chi connectivity index (χ2v) is 7.85. The van der Waals surface area contributed by atoms with Gasteiger partial charge in [0.05, 0.1) is 17.7 Å². The summed E-state index contributed by atoms with van der Waals surface area (Å²) < 4.78 is 10.7. The van der Waals surface area contributed by atoms with Gasteiger partial charge in [0.15, 0.2) is 6.61 Å². The molecule has 7 heteroatoms. The number of rotatable bonds is 10. The van der Waals surface area contributed by atoms with Gasteiger partial charge in [-0.2, -0.15) is 0 Å². The molecule has 0 fully saturated rings. The maximum Gasteiger partial charge on any atom is 0.306 e. The minimum Gasteiger partial charge on any atom is -0.492 e. The van der Waals surface area contributed by atoms with Crippen molar-refractivity contribution in [3.63, 3.8) is 0 Å². The Morgan fingerprint density at radius 2 is 1.50 bits per heavy atom. The van der Waals surface area contributed by atoms with Crippen LogP contribution >= 0.6 is 23.2 Å². The molecule has 0 bridgehead atoms. The number of hydrogen-bond acceptors (Lipinski definition) is 4. The zero-order valence-electron chi connectivity index (χ0n) is 17.3. The van der Waals surface area contributed by atoms with Crippen molar-refractivity contribution in [2.24, 2.45) is 0 Å². The average Bonchev–Trinajstić information content (AvgIpc) is 2.81. The van der Waals surface area contributed by atoms with Gasteiger partial charge < -0.3 is 14.8 Å². The molecule has 1 amide bonds. The number of hydrogen-bond donors (Lipinski definition) is 1. The van der Waals surface area contributed by atoms with Crippen molar-refractivity contribution < 1.29 is 19.1 Å². The van der Waals surface area contributed by atoms with Crippen LogP contribution in [0.15, 0.2) is 78.9 Å². The van der Waals surface area contributed by atoms with E-state index in [1.54, 1.807) is 18.2 Å². The largest absolute Gasteiger partial charge is 0.492 e. The normalized spacial score (nSPS) is 10.6. The first kappa shape index (κ1) is 23.6. The summed E-state index contributed by atoms with van der Waals surface area (Å²) in [6, 6.07) is 23.9. The van der Waals surface area contributed by atoms with Crippen molar-refractivity contribution in [3.05, 3.63) is 100 Å². The Morgan fingerprint density at radius 3 is 2.09 bits per heavy atom. The lowest BCUT2D eigenvalue weighted by Crippen LogP contribution is -2.33. The van der Waals surface area contributed by atoms with E-state index in [2.05, 4.69) is 5.32 Å². The average molecular weight is 472 g/mol. The molecule has 3 aromatic carbocycles. The second kappa shape index (κ2) is 12.1. The Kier molecular flexibility index (Phi) is 8.96. The molecular weight excluding hydrogens is 449 g/mol. The Morgan fingerprint density at radius 1 is 0.875 bits per heavy atom. The number of carbonyl (C=O) groups is 2. The first-order valence-electron chi connectivity index (χ1n) is 10.2. The van der Waals surface area contributed by atoms with Gasteiger partial charge in [0.1, 0.15) is 5.75 Å². The molecule has 0 saturated heterocycles. The van der Waals surface area contributed by atoms with E-state index in [4.69, 9.17) is 32.7 Å². The fourth-order valence-electron chi connectivity index (χ4n) is 3.06. The Balaban J connectivity index is 1.44. The molecule has 3 rings (SSSR count). The highest BCUT2D eigenvalue weighted by Crippen LogP contribution is 2.27. The number of benzene rings is 3. The maximum atomic E-state index is 12.4. The van der Waals surface area contributed by atoms with E-state index in [1.165, 1.54) is 0 Å². The zero-order valence-corrected chi connectivity index (χ0v) is 18.8. The predicted octanol–water partition coefficient (Wildman–Crippen LogP) is 5.60. The lowest BCUT2D eigenvalue weighted by Gasteiger charge is -2.20. The molecule has 0 aromatic heterocycles. The third kappa shape index (κ3) is 7.29. The Hall–Kier alpha value is -3.02. The highest BCUT2D eigenvalue weighted by atomic mass is 35.5. The molecule has 0 heterocycles. The van der Waals surface area contributed by atoms with Crippen molar-refractivity contribution in [1.82, 2.24) is 5.32 Å². The number of esters is 1. The molecule has 0 atom stereocenters. The van der Waals surface area contributed by atoms with Crippen LogP contribution in [0.2, 0.25) is 10.0 Å². The van der Waals surface area contributed by atoms with Gasteiger partial charge in [-0.3, -0.25) is 9.59 Å². The van der Waals surface area contributed by atoms with Crippen molar-refractivity contribution in [2.45, 2.75) is 18.9 Å². The van der Waals surface area contributed by atoms with E-state index < -0.39 is 5.97 Å². The summed E-state index contributed by atoms with van der Waals surface area (Å²) in [5, 5.41) is 3.86. The fraction of sp³-hybridized carbons (Fsp3) is 0.200. The number of amides is 1. The number of ether oxygens (including phenoxy) is 2.